The Morgan fingerprint density at radius 2 is 1.71 bits per heavy atom. The summed E-state index contributed by atoms with van der Waals surface area (Å²) in [5.74, 6) is -1.20. The maximum atomic E-state index is 12.4. The average molecular weight is 318 g/mol. The molecule has 0 aliphatic rings. The molecule has 9 heteroatoms. The van der Waals surface area contributed by atoms with E-state index < -0.39 is 28.0 Å². The molecule has 0 saturated carbocycles. The summed E-state index contributed by atoms with van der Waals surface area (Å²) in [4.78, 5) is 11.3. The van der Waals surface area contributed by atoms with Crippen LogP contribution >= 0.6 is 34.8 Å². The van der Waals surface area contributed by atoms with E-state index in [0.717, 1.165) is 7.11 Å². The maximum Gasteiger partial charge on any atom is 0.421 e. The van der Waals surface area contributed by atoms with E-state index in [2.05, 4.69) is 4.74 Å². The molecule has 0 rings (SSSR count). The molecule has 17 heavy (non-hydrogen) atoms. The van der Waals surface area contributed by atoms with Crippen molar-refractivity contribution in [3.05, 3.63) is 0 Å². The molecule has 1 atom stereocenters. The Balaban J connectivity index is 5.07. The maximum absolute atomic E-state index is 12.4. The highest BCUT2D eigenvalue weighted by molar-refractivity contribution is 6.50. The minimum absolute atomic E-state index is 0.111. The molecule has 0 aliphatic heterocycles. The van der Waals surface area contributed by atoms with Crippen molar-refractivity contribution in [2.24, 2.45) is 0 Å². The van der Waals surface area contributed by atoms with Gasteiger partial charge >= 0.3 is 12.1 Å². The van der Waals surface area contributed by atoms with Crippen LogP contribution in [0.1, 0.15) is 13.3 Å². The topological polar surface area (TPSA) is 35.5 Å². The van der Waals surface area contributed by atoms with Crippen molar-refractivity contribution in [2.45, 2.75) is 28.9 Å². The number of esters is 1. The smallest absolute Gasteiger partial charge is 0.421 e. The van der Waals surface area contributed by atoms with Crippen LogP contribution < -0.4 is 0 Å². The van der Waals surface area contributed by atoms with E-state index >= 15 is 0 Å². The Morgan fingerprint density at radius 3 is 2.00 bits per heavy atom. The molecule has 0 amide bonds. The normalized spacial score (nSPS) is 16.5. The first-order valence-electron chi connectivity index (χ1n) is 4.36. The zero-order chi connectivity index (χ0) is 13.9. The van der Waals surface area contributed by atoms with E-state index in [1.807, 2.05) is 0 Å². The summed E-state index contributed by atoms with van der Waals surface area (Å²) in [7, 11) is 0.955. The van der Waals surface area contributed by atoms with Gasteiger partial charge in [0.15, 0.2) is 0 Å². The summed E-state index contributed by atoms with van der Waals surface area (Å²) >= 11 is 15.8. The lowest BCUT2D eigenvalue weighted by molar-refractivity contribution is -0.170. The van der Waals surface area contributed by atoms with Crippen molar-refractivity contribution in [3.63, 3.8) is 0 Å². The van der Waals surface area contributed by atoms with Crippen molar-refractivity contribution < 1.29 is 27.4 Å². The molecule has 0 bridgehead atoms. The molecule has 102 valence electrons. The molecule has 0 radical (unpaired) electrons. The van der Waals surface area contributed by atoms with Crippen LogP contribution in [0.25, 0.3) is 0 Å². The Labute approximate surface area is 111 Å². The summed E-state index contributed by atoms with van der Waals surface area (Å²) in [5.41, 5.74) is 0. The molecule has 0 aromatic rings. The Kier molecular flexibility index (Phi) is 5.85. The molecule has 1 unspecified atom stereocenters. The Bertz CT molecular complexity index is 283. The Hall–Kier alpha value is 0.0900. The van der Waals surface area contributed by atoms with Gasteiger partial charge < -0.3 is 9.47 Å². The lowest BCUT2D eigenvalue weighted by atomic mass is 10.1. The fourth-order valence-electron chi connectivity index (χ4n) is 0.949. The third-order valence-electron chi connectivity index (χ3n) is 1.73. The summed E-state index contributed by atoms with van der Waals surface area (Å²) in [6.45, 7) is 1.33. The predicted octanol–water partition coefficient (Wildman–Crippen LogP) is 3.26. The number of rotatable bonds is 5. The molecule has 0 aromatic heterocycles. The molecule has 0 saturated heterocycles. The highest BCUT2D eigenvalue weighted by Crippen LogP contribution is 2.47. The lowest BCUT2D eigenvalue weighted by Crippen LogP contribution is -2.47. The zero-order valence-electron chi connectivity index (χ0n) is 8.91. The number of alkyl halides is 6. The fourth-order valence-corrected chi connectivity index (χ4v) is 1.85. The largest absolute Gasteiger partial charge is 0.466 e. The van der Waals surface area contributed by atoms with Crippen LogP contribution in [0.2, 0.25) is 0 Å². The zero-order valence-corrected chi connectivity index (χ0v) is 11.2. The molecule has 0 fully saturated rings. The van der Waals surface area contributed by atoms with Crippen LogP contribution in [0.4, 0.5) is 13.2 Å². The monoisotopic (exact) mass is 316 g/mol. The van der Waals surface area contributed by atoms with Gasteiger partial charge in [-0.05, 0) is 6.92 Å². The molecule has 0 aromatic carbocycles. The SMILES string of the molecule is CCOC(Cl)(CC(Cl)(Cl)C(F)(F)F)C(=O)OC. The van der Waals surface area contributed by atoms with Gasteiger partial charge in [0.1, 0.15) is 0 Å². The van der Waals surface area contributed by atoms with Crippen molar-refractivity contribution in [2.75, 3.05) is 13.7 Å². The van der Waals surface area contributed by atoms with E-state index in [1.54, 1.807) is 0 Å². The van der Waals surface area contributed by atoms with Gasteiger partial charge in [-0.1, -0.05) is 34.8 Å². The molecule has 0 heterocycles. The molecule has 3 nitrogen and oxygen atoms in total. The highest BCUT2D eigenvalue weighted by atomic mass is 35.5. The molecule has 0 spiro atoms. The second kappa shape index (κ2) is 5.82. The molecular formula is C8H10Cl3F3O3. The van der Waals surface area contributed by atoms with Crippen molar-refractivity contribution >= 4 is 40.8 Å². The molecule has 0 N–H and O–H groups in total. The van der Waals surface area contributed by atoms with Crippen LogP contribution in [0.5, 0.6) is 0 Å². The van der Waals surface area contributed by atoms with E-state index in [9.17, 15) is 18.0 Å². The summed E-state index contributed by atoms with van der Waals surface area (Å²) in [6, 6.07) is 0. The first-order chi connectivity index (χ1) is 7.50. The second-order valence-corrected chi connectivity index (χ2v) is 5.13. The highest BCUT2D eigenvalue weighted by Gasteiger charge is 2.59. The van der Waals surface area contributed by atoms with Gasteiger partial charge in [0, 0.05) is 13.0 Å². The minimum Gasteiger partial charge on any atom is -0.466 e. The first-order valence-corrected chi connectivity index (χ1v) is 5.49. The van der Waals surface area contributed by atoms with Gasteiger partial charge in [-0.25, -0.2) is 4.79 Å². The van der Waals surface area contributed by atoms with E-state index in [0.29, 0.717) is 0 Å². The lowest BCUT2D eigenvalue weighted by Gasteiger charge is -2.31. The number of carbonyl (C=O) groups is 1. The number of ether oxygens (including phenoxy) is 2. The van der Waals surface area contributed by atoms with Gasteiger partial charge in [-0.15, -0.1) is 0 Å². The average Bonchev–Trinajstić information content (AvgIpc) is 2.14. The standard InChI is InChI=1S/C8H10Cl3F3O3/c1-3-17-6(9,5(15)16-2)4-7(10,11)8(12,13)14/h3-4H2,1-2H3. The second-order valence-electron chi connectivity index (χ2n) is 3.03. The van der Waals surface area contributed by atoms with E-state index in [1.165, 1.54) is 6.92 Å². The van der Waals surface area contributed by atoms with Crippen LogP contribution in [0.15, 0.2) is 0 Å². The predicted molar refractivity (Wildman–Crippen MR) is 57.3 cm³/mol. The first kappa shape index (κ1) is 17.1. The van der Waals surface area contributed by atoms with Crippen molar-refractivity contribution in [1.82, 2.24) is 0 Å². The number of halogens is 6. The van der Waals surface area contributed by atoms with E-state index in [4.69, 9.17) is 39.5 Å². The number of carbonyl (C=O) groups excluding carboxylic acids is 1. The minimum atomic E-state index is -4.96. The molecular weight excluding hydrogens is 307 g/mol. The van der Waals surface area contributed by atoms with Gasteiger partial charge in [0.05, 0.1) is 7.11 Å². The third-order valence-corrected chi connectivity index (χ3v) is 2.82. The van der Waals surface area contributed by atoms with Gasteiger partial charge in [-0.3, -0.25) is 0 Å². The van der Waals surface area contributed by atoms with Crippen LogP contribution in [-0.2, 0) is 14.3 Å². The van der Waals surface area contributed by atoms with Crippen molar-refractivity contribution in [3.8, 4) is 0 Å². The fraction of sp³-hybridized carbons (Fsp3) is 0.875. The van der Waals surface area contributed by atoms with Crippen LogP contribution in [-0.4, -0.2) is 35.3 Å². The number of hydrogen-bond donors (Lipinski definition) is 0. The van der Waals surface area contributed by atoms with Crippen LogP contribution in [0.3, 0.4) is 0 Å². The summed E-state index contributed by atoms with van der Waals surface area (Å²) in [5, 5.41) is -2.37. The van der Waals surface area contributed by atoms with Crippen LogP contribution in [0, 0.1) is 0 Å². The third kappa shape index (κ3) is 4.35. The molecule has 0 aliphatic carbocycles. The number of methoxy groups -OCH3 is 1. The van der Waals surface area contributed by atoms with Gasteiger partial charge in [0.2, 0.25) is 9.39 Å². The van der Waals surface area contributed by atoms with E-state index in [-0.39, 0.29) is 6.61 Å². The number of hydrogen-bond acceptors (Lipinski definition) is 3. The Morgan fingerprint density at radius 1 is 1.24 bits per heavy atom. The van der Waals surface area contributed by atoms with Gasteiger partial charge in [-0.2, -0.15) is 13.2 Å². The van der Waals surface area contributed by atoms with Gasteiger partial charge in [0.25, 0.3) is 0 Å². The quantitative estimate of drug-likeness (QED) is 0.577. The summed E-state index contributed by atoms with van der Waals surface area (Å²) in [6.07, 6.45) is -6.14. The van der Waals surface area contributed by atoms with Crippen molar-refractivity contribution in [1.29, 1.82) is 0 Å². The summed E-state index contributed by atoms with van der Waals surface area (Å²) < 4.78 is 43.1.